The second-order valence-corrected chi connectivity index (χ2v) is 4.38. The number of aliphatic hydroxyl groups is 1. The van der Waals surface area contributed by atoms with Gasteiger partial charge in [0.05, 0.1) is 5.60 Å². The third-order valence-corrected chi connectivity index (χ3v) is 2.84. The van der Waals surface area contributed by atoms with Crippen molar-refractivity contribution in [1.82, 2.24) is 5.32 Å². The Morgan fingerprint density at radius 2 is 2.00 bits per heavy atom. The van der Waals surface area contributed by atoms with Crippen LogP contribution in [0.5, 0.6) is 0 Å². The molecule has 15 heavy (non-hydrogen) atoms. The van der Waals surface area contributed by atoms with Crippen LogP contribution in [0.25, 0.3) is 0 Å². The number of nitrogens with one attached hydrogen (secondary N) is 1. The van der Waals surface area contributed by atoms with Gasteiger partial charge in [0.1, 0.15) is 0 Å². The smallest absolute Gasteiger partial charge is 0.0741 e. The molecule has 84 valence electrons. The highest BCUT2D eigenvalue weighted by atomic mass is 16.3. The fourth-order valence-corrected chi connectivity index (χ4v) is 1.40. The summed E-state index contributed by atoms with van der Waals surface area (Å²) in [7, 11) is 0. The van der Waals surface area contributed by atoms with Crippen LogP contribution in [0.4, 0.5) is 0 Å². The first-order valence-corrected chi connectivity index (χ1v) is 5.53. The van der Waals surface area contributed by atoms with Gasteiger partial charge in [-0.25, -0.2) is 0 Å². The molecule has 0 saturated heterocycles. The number of hydrogen-bond donors (Lipinski definition) is 2. The number of aryl methyl sites for hydroxylation is 1. The summed E-state index contributed by atoms with van der Waals surface area (Å²) in [6.45, 7) is 7.42. The van der Waals surface area contributed by atoms with Crippen molar-refractivity contribution in [3.8, 4) is 0 Å². The molecule has 0 saturated carbocycles. The van der Waals surface area contributed by atoms with Crippen LogP contribution in [-0.4, -0.2) is 17.3 Å². The lowest BCUT2D eigenvalue weighted by Crippen LogP contribution is -2.36. The molecular formula is C13H21NO. The first-order chi connectivity index (χ1) is 7.05. The summed E-state index contributed by atoms with van der Waals surface area (Å²) in [6.07, 6.45) is 0.772. The van der Waals surface area contributed by atoms with E-state index in [1.54, 1.807) is 0 Å². The van der Waals surface area contributed by atoms with Crippen LogP contribution in [0.1, 0.15) is 31.4 Å². The van der Waals surface area contributed by atoms with Gasteiger partial charge >= 0.3 is 0 Å². The quantitative estimate of drug-likeness (QED) is 0.776. The monoisotopic (exact) mass is 207 g/mol. The van der Waals surface area contributed by atoms with Gasteiger partial charge in [0.15, 0.2) is 0 Å². The zero-order valence-electron chi connectivity index (χ0n) is 9.88. The molecule has 1 unspecified atom stereocenters. The average Bonchev–Trinajstić information content (AvgIpc) is 2.21. The van der Waals surface area contributed by atoms with Crippen LogP contribution >= 0.6 is 0 Å². The number of benzene rings is 1. The summed E-state index contributed by atoms with van der Waals surface area (Å²) in [4.78, 5) is 0. The summed E-state index contributed by atoms with van der Waals surface area (Å²) in [5.74, 6) is 0. The number of hydrogen-bond acceptors (Lipinski definition) is 2. The van der Waals surface area contributed by atoms with Gasteiger partial charge in [0.2, 0.25) is 0 Å². The summed E-state index contributed by atoms with van der Waals surface area (Å²) in [5, 5.41) is 13.1. The van der Waals surface area contributed by atoms with E-state index in [2.05, 4.69) is 24.4 Å². The normalized spacial score (nSPS) is 14.9. The molecule has 1 aromatic rings. The van der Waals surface area contributed by atoms with E-state index in [9.17, 15) is 5.11 Å². The molecule has 0 radical (unpaired) electrons. The summed E-state index contributed by atoms with van der Waals surface area (Å²) < 4.78 is 0. The lowest BCUT2D eigenvalue weighted by atomic mass is 10.0. The van der Waals surface area contributed by atoms with Crippen molar-refractivity contribution in [2.24, 2.45) is 0 Å². The third kappa shape index (κ3) is 4.02. The van der Waals surface area contributed by atoms with E-state index in [0.29, 0.717) is 6.54 Å². The maximum absolute atomic E-state index is 9.81. The molecule has 0 fully saturated rings. The molecule has 0 bridgehead atoms. The van der Waals surface area contributed by atoms with Gasteiger partial charge in [-0.2, -0.15) is 0 Å². The Morgan fingerprint density at radius 3 is 2.60 bits per heavy atom. The van der Waals surface area contributed by atoms with Gasteiger partial charge in [-0.15, -0.1) is 0 Å². The van der Waals surface area contributed by atoms with Crippen molar-refractivity contribution in [1.29, 1.82) is 0 Å². The van der Waals surface area contributed by atoms with E-state index in [-0.39, 0.29) is 0 Å². The van der Waals surface area contributed by atoms with Gasteiger partial charge < -0.3 is 10.4 Å². The van der Waals surface area contributed by atoms with E-state index in [4.69, 9.17) is 0 Å². The topological polar surface area (TPSA) is 32.3 Å². The van der Waals surface area contributed by atoms with Gasteiger partial charge in [-0.1, -0.05) is 31.2 Å². The zero-order chi connectivity index (χ0) is 11.3. The predicted molar refractivity (Wildman–Crippen MR) is 63.8 cm³/mol. The van der Waals surface area contributed by atoms with E-state index in [1.807, 2.05) is 26.0 Å². The van der Waals surface area contributed by atoms with Crippen molar-refractivity contribution in [2.45, 2.75) is 39.3 Å². The van der Waals surface area contributed by atoms with Gasteiger partial charge in [0, 0.05) is 13.1 Å². The molecule has 2 heteroatoms. The molecule has 0 amide bonds. The van der Waals surface area contributed by atoms with E-state index in [0.717, 1.165) is 13.0 Å². The van der Waals surface area contributed by atoms with Gasteiger partial charge in [0.25, 0.3) is 0 Å². The van der Waals surface area contributed by atoms with Crippen molar-refractivity contribution in [3.63, 3.8) is 0 Å². The minimum atomic E-state index is -0.595. The molecule has 0 aromatic heterocycles. The average molecular weight is 207 g/mol. The summed E-state index contributed by atoms with van der Waals surface area (Å²) in [5.41, 5.74) is 1.99. The van der Waals surface area contributed by atoms with Crippen molar-refractivity contribution in [3.05, 3.63) is 35.4 Å². The second-order valence-electron chi connectivity index (χ2n) is 4.38. The second kappa shape index (κ2) is 5.29. The third-order valence-electron chi connectivity index (χ3n) is 2.84. The van der Waals surface area contributed by atoms with Crippen LogP contribution in [-0.2, 0) is 6.54 Å². The zero-order valence-corrected chi connectivity index (χ0v) is 9.88. The van der Waals surface area contributed by atoms with Crippen LogP contribution in [0.15, 0.2) is 24.3 Å². The largest absolute Gasteiger partial charge is 0.389 e. The molecule has 1 aromatic carbocycles. The Labute approximate surface area is 92.3 Å². The molecule has 0 aliphatic heterocycles. The van der Waals surface area contributed by atoms with E-state index in [1.165, 1.54) is 11.1 Å². The highest BCUT2D eigenvalue weighted by Gasteiger charge is 2.16. The van der Waals surface area contributed by atoms with E-state index >= 15 is 0 Å². The van der Waals surface area contributed by atoms with Crippen LogP contribution < -0.4 is 5.32 Å². The SMILES string of the molecule is CCC(C)(O)CNCc1ccccc1C. The molecule has 1 rings (SSSR count). The van der Waals surface area contributed by atoms with Gasteiger partial charge in [-0.05, 0) is 31.4 Å². The highest BCUT2D eigenvalue weighted by Crippen LogP contribution is 2.09. The standard InChI is InChI=1S/C13H21NO/c1-4-13(3,15)10-14-9-12-8-6-5-7-11(12)2/h5-8,14-15H,4,9-10H2,1-3H3. The maximum atomic E-state index is 9.81. The molecule has 2 N–H and O–H groups in total. The van der Waals surface area contributed by atoms with Gasteiger partial charge in [-0.3, -0.25) is 0 Å². The molecule has 0 aliphatic carbocycles. The lowest BCUT2D eigenvalue weighted by Gasteiger charge is -2.21. The van der Waals surface area contributed by atoms with Crippen molar-refractivity contribution >= 4 is 0 Å². The molecule has 0 heterocycles. The predicted octanol–water partition coefficient (Wildman–Crippen LogP) is 2.25. The summed E-state index contributed by atoms with van der Waals surface area (Å²) >= 11 is 0. The first kappa shape index (κ1) is 12.2. The Hall–Kier alpha value is -0.860. The maximum Gasteiger partial charge on any atom is 0.0741 e. The molecule has 0 aliphatic rings. The Morgan fingerprint density at radius 1 is 1.33 bits per heavy atom. The van der Waals surface area contributed by atoms with Crippen LogP contribution in [0.3, 0.4) is 0 Å². The molecule has 1 atom stereocenters. The molecule has 2 nitrogen and oxygen atoms in total. The fraction of sp³-hybridized carbons (Fsp3) is 0.538. The number of rotatable bonds is 5. The first-order valence-electron chi connectivity index (χ1n) is 5.53. The van der Waals surface area contributed by atoms with Crippen molar-refractivity contribution < 1.29 is 5.11 Å². The van der Waals surface area contributed by atoms with Crippen LogP contribution in [0, 0.1) is 6.92 Å². The Balaban J connectivity index is 2.42. The van der Waals surface area contributed by atoms with E-state index < -0.39 is 5.60 Å². The fourth-order valence-electron chi connectivity index (χ4n) is 1.40. The minimum absolute atomic E-state index is 0.595. The van der Waals surface area contributed by atoms with Crippen molar-refractivity contribution in [2.75, 3.05) is 6.54 Å². The minimum Gasteiger partial charge on any atom is -0.389 e. The molecule has 0 spiro atoms. The Kier molecular flexibility index (Phi) is 4.30. The van der Waals surface area contributed by atoms with Crippen LogP contribution in [0.2, 0.25) is 0 Å². The molecular weight excluding hydrogens is 186 g/mol. The lowest BCUT2D eigenvalue weighted by molar-refractivity contribution is 0.0555. The highest BCUT2D eigenvalue weighted by molar-refractivity contribution is 5.25. The summed E-state index contributed by atoms with van der Waals surface area (Å²) in [6, 6.07) is 8.31. The Bertz CT molecular complexity index is 307.